The predicted octanol–water partition coefficient (Wildman–Crippen LogP) is 8.92. The summed E-state index contributed by atoms with van der Waals surface area (Å²) < 4.78 is 0. The second-order valence-corrected chi connectivity index (χ2v) is 9.49. The van der Waals surface area contributed by atoms with Crippen LogP contribution in [-0.4, -0.2) is 15.0 Å². The molecule has 0 atom stereocenters. The fraction of sp³-hybridized carbons (Fsp3) is 0. The predicted molar refractivity (Wildman–Crippen MR) is 161 cm³/mol. The Bertz CT molecular complexity index is 1910. The van der Waals surface area contributed by atoms with Crippen molar-refractivity contribution in [3.8, 4) is 33.6 Å². The van der Waals surface area contributed by atoms with Crippen LogP contribution in [0.2, 0.25) is 0 Å². The van der Waals surface area contributed by atoms with Crippen molar-refractivity contribution in [2.45, 2.75) is 0 Å². The van der Waals surface area contributed by atoms with Gasteiger partial charge in [-0.2, -0.15) is 0 Å². The standard InChI is InChI=1S/C35H24N4/c1-2-7-24(8-3-1)31-22-34(39-32-11-6-20-36-35(31)32)26-14-18-30(19-15-26)38-29-16-12-25(13-17-29)33-21-27-9-4-5-10-28(27)23-37-33/h1-23,38H. The molecule has 0 amide bonds. The van der Waals surface area contributed by atoms with Crippen molar-refractivity contribution in [2.75, 3.05) is 5.32 Å². The molecule has 0 bridgehead atoms. The van der Waals surface area contributed by atoms with Crippen molar-refractivity contribution < 1.29 is 0 Å². The number of hydrogen-bond acceptors (Lipinski definition) is 4. The summed E-state index contributed by atoms with van der Waals surface area (Å²) in [5.74, 6) is 0. The highest BCUT2D eigenvalue weighted by Gasteiger charge is 2.10. The summed E-state index contributed by atoms with van der Waals surface area (Å²) in [6.07, 6.45) is 3.75. The van der Waals surface area contributed by atoms with Crippen molar-refractivity contribution in [2.24, 2.45) is 0 Å². The van der Waals surface area contributed by atoms with E-state index in [1.807, 2.05) is 36.7 Å². The topological polar surface area (TPSA) is 50.7 Å². The van der Waals surface area contributed by atoms with E-state index in [0.29, 0.717) is 0 Å². The molecule has 4 heteroatoms. The Balaban J connectivity index is 1.14. The first kappa shape index (κ1) is 22.8. The van der Waals surface area contributed by atoms with Gasteiger partial charge in [-0.3, -0.25) is 9.97 Å². The van der Waals surface area contributed by atoms with Crippen molar-refractivity contribution in [1.82, 2.24) is 15.0 Å². The van der Waals surface area contributed by atoms with Gasteiger partial charge in [-0.05, 0) is 59.5 Å². The Morgan fingerprint density at radius 1 is 0.487 bits per heavy atom. The largest absolute Gasteiger partial charge is 0.356 e. The maximum Gasteiger partial charge on any atom is 0.0965 e. The van der Waals surface area contributed by atoms with Gasteiger partial charge in [-0.15, -0.1) is 0 Å². The quantitative estimate of drug-likeness (QED) is 0.256. The van der Waals surface area contributed by atoms with Crippen LogP contribution in [0, 0.1) is 0 Å². The normalized spacial score (nSPS) is 11.1. The first-order valence-corrected chi connectivity index (χ1v) is 12.9. The van der Waals surface area contributed by atoms with Crippen LogP contribution in [-0.2, 0) is 0 Å². The van der Waals surface area contributed by atoms with Gasteiger partial charge in [0, 0.05) is 45.8 Å². The minimum atomic E-state index is 0.886. The summed E-state index contributed by atoms with van der Waals surface area (Å²) in [5.41, 5.74) is 10.1. The maximum atomic E-state index is 4.91. The lowest BCUT2D eigenvalue weighted by atomic mass is 10.0. The van der Waals surface area contributed by atoms with Crippen molar-refractivity contribution in [3.05, 3.63) is 140 Å². The Kier molecular flexibility index (Phi) is 5.76. The van der Waals surface area contributed by atoms with Gasteiger partial charge in [0.2, 0.25) is 0 Å². The fourth-order valence-electron chi connectivity index (χ4n) is 4.90. The molecule has 0 unspecified atom stereocenters. The third-order valence-electron chi connectivity index (χ3n) is 6.93. The molecule has 0 aliphatic rings. The number of fused-ring (bicyclic) bond motifs is 2. The summed E-state index contributed by atoms with van der Waals surface area (Å²) in [6.45, 7) is 0. The number of nitrogens with zero attached hydrogens (tertiary/aromatic N) is 3. The molecular weight excluding hydrogens is 476 g/mol. The van der Waals surface area contributed by atoms with Crippen LogP contribution in [0.15, 0.2) is 140 Å². The van der Waals surface area contributed by atoms with Crippen LogP contribution in [0.4, 0.5) is 11.4 Å². The van der Waals surface area contributed by atoms with E-state index in [2.05, 4.69) is 118 Å². The molecule has 0 spiro atoms. The molecule has 0 aliphatic carbocycles. The van der Waals surface area contributed by atoms with E-state index < -0.39 is 0 Å². The summed E-state index contributed by atoms with van der Waals surface area (Å²) in [6, 6.07) is 43.6. The Morgan fingerprint density at radius 2 is 1.15 bits per heavy atom. The molecule has 0 saturated carbocycles. The molecule has 3 aromatic heterocycles. The molecule has 184 valence electrons. The van der Waals surface area contributed by atoms with Gasteiger partial charge in [0.25, 0.3) is 0 Å². The van der Waals surface area contributed by atoms with E-state index >= 15 is 0 Å². The number of rotatable bonds is 5. The van der Waals surface area contributed by atoms with E-state index in [4.69, 9.17) is 4.98 Å². The first-order chi connectivity index (χ1) is 19.3. The molecular formula is C35H24N4. The highest BCUT2D eigenvalue weighted by Crippen LogP contribution is 2.32. The minimum absolute atomic E-state index is 0.886. The van der Waals surface area contributed by atoms with Gasteiger partial charge in [-0.1, -0.05) is 78.9 Å². The first-order valence-electron chi connectivity index (χ1n) is 12.9. The summed E-state index contributed by atoms with van der Waals surface area (Å²) in [5, 5.41) is 5.85. The zero-order chi connectivity index (χ0) is 26.0. The lowest BCUT2D eigenvalue weighted by Crippen LogP contribution is -1.93. The fourth-order valence-corrected chi connectivity index (χ4v) is 4.90. The van der Waals surface area contributed by atoms with Gasteiger partial charge >= 0.3 is 0 Å². The molecule has 1 N–H and O–H groups in total. The number of aromatic nitrogens is 3. The molecule has 0 fully saturated rings. The molecule has 0 radical (unpaired) electrons. The lowest BCUT2D eigenvalue weighted by Gasteiger charge is -2.11. The smallest absolute Gasteiger partial charge is 0.0965 e. The molecule has 0 saturated heterocycles. The SMILES string of the molecule is c1ccc(-c2cc(-c3ccc(Nc4ccc(-c5cc6ccccc6cn5)cc4)cc3)nc3cccnc23)cc1. The van der Waals surface area contributed by atoms with E-state index in [1.54, 1.807) is 0 Å². The van der Waals surface area contributed by atoms with E-state index in [9.17, 15) is 0 Å². The van der Waals surface area contributed by atoms with Crippen molar-refractivity contribution in [1.29, 1.82) is 0 Å². The minimum Gasteiger partial charge on any atom is -0.356 e. The molecule has 39 heavy (non-hydrogen) atoms. The van der Waals surface area contributed by atoms with Gasteiger partial charge in [0.15, 0.2) is 0 Å². The van der Waals surface area contributed by atoms with Crippen LogP contribution in [0.3, 0.4) is 0 Å². The molecule has 3 heterocycles. The van der Waals surface area contributed by atoms with Crippen LogP contribution < -0.4 is 5.32 Å². The van der Waals surface area contributed by atoms with Crippen LogP contribution in [0.25, 0.3) is 55.4 Å². The summed E-state index contributed by atoms with van der Waals surface area (Å²) in [7, 11) is 0. The highest BCUT2D eigenvalue weighted by atomic mass is 14.9. The monoisotopic (exact) mass is 500 g/mol. The average Bonchev–Trinajstić information content (AvgIpc) is 3.01. The molecule has 4 aromatic carbocycles. The number of hydrogen-bond donors (Lipinski definition) is 1. The van der Waals surface area contributed by atoms with Crippen molar-refractivity contribution >= 4 is 33.2 Å². The average molecular weight is 501 g/mol. The molecule has 0 aliphatic heterocycles. The second kappa shape index (κ2) is 9.84. The molecule has 4 nitrogen and oxygen atoms in total. The van der Waals surface area contributed by atoms with Crippen LogP contribution in [0.5, 0.6) is 0 Å². The highest BCUT2D eigenvalue weighted by molar-refractivity contribution is 5.94. The lowest BCUT2D eigenvalue weighted by molar-refractivity contribution is 1.33. The summed E-state index contributed by atoms with van der Waals surface area (Å²) >= 11 is 0. The van der Waals surface area contributed by atoms with Gasteiger partial charge in [0.1, 0.15) is 0 Å². The number of benzene rings is 4. The third kappa shape index (κ3) is 4.60. The second-order valence-electron chi connectivity index (χ2n) is 9.49. The van der Waals surface area contributed by atoms with Gasteiger partial charge in [-0.25, -0.2) is 4.98 Å². The number of nitrogens with one attached hydrogen (secondary N) is 1. The Hall–Kier alpha value is -5.35. The van der Waals surface area contributed by atoms with Gasteiger partial charge < -0.3 is 5.32 Å². The van der Waals surface area contributed by atoms with Crippen molar-refractivity contribution in [3.63, 3.8) is 0 Å². The number of anilines is 2. The summed E-state index contributed by atoms with van der Waals surface area (Å²) in [4.78, 5) is 14.2. The Morgan fingerprint density at radius 3 is 1.90 bits per heavy atom. The zero-order valence-electron chi connectivity index (χ0n) is 21.1. The van der Waals surface area contributed by atoms with Crippen LogP contribution >= 0.6 is 0 Å². The third-order valence-corrected chi connectivity index (χ3v) is 6.93. The van der Waals surface area contributed by atoms with E-state index in [0.717, 1.165) is 61.4 Å². The van der Waals surface area contributed by atoms with Crippen LogP contribution in [0.1, 0.15) is 0 Å². The molecule has 7 aromatic rings. The Labute approximate surface area is 226 Å². The van der Waals surface area contributed by atoms with E-state index in [1.165, 1.54) is 5.39 Å². The maximum absolute atomic E-state index is 4.91. The van der Waals surface area contributed by atoms with E-state index in [-0.39, 0.29) is 0 Å². The number of pyridine rings is 3. The zero-order valence-corrected chi connectivity index (χ0v) is 21.1. The molecule has 7 rings (SSSR count). The van der Waals surface area contributed by atoms with Gasteiger partial charge in [0.05, 0.1) is 22.4 Å².